The Labute approximate surface area is 163 Å². The Balaban J connectivity index is 2.02. The molecule has 4 rings (SSSR count). The quantitative estimate of drug-likeness (QED) is 0.482. The van der Waals surface area contributed by atoms with Crippen molar-refractivity contribution >= 4 is 14.7 Å². The van der Waals surface area contributed by atoms with Crippen molar-refractivity contribution < 1.29 is 0 Å². The second kappa shape index (κ2) is 7.37. The van der Waals surface area contributed by atoms with Crippen LogP contribution < -0.4 is 5.19 Å². The SMILES string of the molecule is Cc1cccc(C([Si]c2ccccc2)(c2cccc(C)c2)n2ccnc2)c1. The maximum atomic E-state index is 4.39. The van der Waals surface area contributed by atoms with E-state index in [0.717, 1.165) is 0 Å². The van der Waals surface area contributed by atoms with E-state index in [4.69, 9.17) is 0 Å². The summed E-state index contributed by atoms with van der Waals surface area (Å²) in [5.41, 5.74) is 5.10. The van der Waals surface area contributed by atoms with Gasteiger partial charge in [-0.15, -0.1) is 0 Å². The molecule has 4 aromatic rings. The van der Waals surface area contributed by atoms with Crippen LogP contribution in [0.15, 0.2) is 97.6 Å². The fourth-order valence-electron chi connectivity index (χ4n) is 3.60. The molecule has 0 unspecified atom stereocenters. The monoisotopic (exact) mass is 366 g/mol. The summed E-state index contributed by atoms with van der Waals surface area (Å²) in [6, 6.07) is 28.5. The molecule has 0 N–H and O–H groups in total. The van der Waals surface area contributed by atoms with E-state index in [-0.39, 0.29) is 5.16 Å². The number of nitrogens with zero attached hydrogens (tertiary/aromatic N) is 2. The van der Waals surface area contributed by atoms with Crippen molar-refractivity contribution in [3.63, 3.8) is 0 Å². The molecule has 0 spiro atoms. The second-order valence-electron chi connectivity index (χ2n) is 6.91. The molecule has 27 heavy (non-hydrogen) atoms. The molecule has 0 amide bonds. The molecule has 1 heterocycles. The van der Waals surface area contributed by atoms with E-state index in [1.54, 1.807) is 0 Å². The predicted molar refractivity (Wildman–Crippen MR) is 113 cm³/mol. The number of imidazole rings is 1. The van der Waals surface area contributed by atoms with Gasteiger partial charge in [0.25, 0.3) is 0 Å². The van der Waals surface area contributed by atoms with Gasteiger partial charge in [0.2, 0.25) is 0 Å². The van der Waals surface area contributed by atoms with Crippen molar-refractivity contribution in [1.82, 2.24) is 9.55 Å². The Morgan fingerprint density at radius 1 is 0.778 bits per heavy atom. The molecular formula is C24H22N2Si. The standard InChI is InChI=1S/C24H22N2Si/c1-19-8-6-10-21(16-19)24(26-15-14-25-18-26,22-11-7-9-20(2)17-22)27-23-12-4-3-5-13-23/h3-18H,1-2H3. The topological polar surface area (TPSA) is 17.8 Å². The van der Waals surface area contributed by atoms with Crippen LogP contribution >= 0.6 is 0 Å². The van der Waals surface area contributed by atoms with Gasteiger partial charge < -0.3 is 4.57 Å². The molecule has 3 aromatic carbocycles. The summed E-state index contributed by atoms with van der Waals surface area (Å²) >= 11 is 0. The van der Waals surface area contributed by atoms with Crippen molar-refractivity contribution in [2.45, 2.75) is 19.0 Å². The lowest BCUT2D eigenvalue weighted by Gasteiger charge is -2.37. The van der Waals surface area contributed by atoms with Crippen molar-refractivity contribution in [3.05, 3.63) is 120 Å². The third-order valence-electron chi connectivity index (χ3n) is 4.86. The third-order valence-corrected chi connectivity index (χ3v) is 6.68. The maximum Gasteiger partial charge on any atom is 0.127 e. The highest BCUT2D eigenvalue weighted by Crippen LogP contribution is 2.34. The van der Waals surface area contributed by atoms with E-state index in [2.05, 4.69) is 108 Å². The van der Waals surface area contributed by atoms with Gasteiger partial charge in [-0.25, -0.2) is 4.98 Å². The van der Waals surface area contributed by atoms with E-state index in [1.807, 2.05) is 12.5 Å². The first-order valence-electron chi connectivity index (χ1n) is 9.14. The number of hydrogen-bond donors (Lipinski definition) is 0. The first-order chi connectivity index (χ1) is 13.2. The van der Waals surface area contributed by atoms with Gasteiger partial charge in [0.05, 0.1) is 11.5 Å². The zero-order valence-corrected chi connectivity index (χ0v) is 16.6. The number of aromatic nitrogens is 2. The van der Waals surface area contributed by atoms with Gasteiger partial charge in [0, 0.05) is 12.4 Å². The Kier molecular flexibility index (Phi) is 4.78. The first-order valence-corrected chi connectivity index (χ1v) is 10.1. The lowest BCUT2D eigenvalue weighted by molar-refractivity contribution is 0.596. The predicted octanol–water partition coefficient (Wildman–Crippen LogP) is 4.28. The number of rotatable bonds is 5. The molecule has 0 aliphatic rings. The third kappa shape index (κ3) is 3.38. The summed E-state index contributed by atoms with van der Waals surface area (Å²) in [5, 5.41) is 1.00. The van der Waals surface area contributed by atoms with Gasteiger partial charge in [-0.2, -0.15) is 0 Å². The zero-order valence-electron chi connectivity index (χ0n) is 15.6. The van der Waals surface area contributed by atoms with E-state index >= 15 is 0 Å². The minimum absolute atomic E-state index is 0.324. The van der Waals surface area contributed by atoms with Gasteiger partial charge in [-0.05, 0) is 25.0 Å². The van der Waals surface area contributed by atoms with E-state index < -0.39 is 0 Å². The Bertz CT molecular complexity index is 978. The fourth-order valence-corrected chi connectivity index (χ4v) is 5.24. The minimum atomic E-state index is -0.324. The van der Waals surface area contributed by atoms with E-state index in [1.165, 1.54) is 27.4 Å². The van der Waals surface area contributed by atoms with E-state index in [0.29, 0.717) is 9.52 Å². The van der Waals surface area contributed by atoms with Crippen LogP contribution in [0.5, 0.6) is 0 Å². The molecule has 1 aromatic heterocycles. The molecular weight excluding hydrogens is 344 g/mol. The van der Waals surface area contributed by atoms with Gasteiger partial charge in [-0.1, -0.05) is 95.2 Å². The molecule has 0 atom stereocenters. The highest BCUT2D eigenvalue weighted by molar-refractivity contribution is 6.57. The molecule has 0 saturated heterocycles. The number of hydrogen-bond acceptors (Lipinski definition) is 1. The summed E-state index contributed by atoms with van der Waals surface area (Å²) in [7, 11) is 0.531. The highest BCUT2D eigenvalue weighted by Gasteiger charge is 2.37. The average molecular weight is 367 g/mol. The highest BCUT2D eigenvalue weighted by atomic mass is 28.2. The molecule has 0 bridgehead atoms. The Hall–Kier alpha value is -2.91. The molecule has 2 nitrogen and oxygen atoms in total. The van der Waals surface area contributed by atoms with Crippen molar-refractivity contribution in [2.75, 3.05) is 0 Å². The van der Waals surface area contributed by atoms with Crippen LogP contribution in [0, 0.1) is 13.8 Å². The van der Waals surface area contributed by atoms with Gasteiger partial charge in [-0.3, -0.25) is 0 Å². The Morgan fingerprint density at radius 2 is 1.41 bits per heavy atom. The lowest BCUT2D eigenvalue weighted by atomic mass is 9.94. The zero-order chi connectivity index (χ0) is 18.7. The van der Waals surface area contributed by atoms with Gasteiger partial charge in [0.15, 0.2) is 0 Å². The lowest BCUT2D eigenvalue weighted by Crippen LogP contribution is -2.46. The molecule has 0 saturated carbocycles. The summed E-state index contributed by atoms with van der Waals surface area (Å²) < 4.78 is 2.27. The van der Waals surface area contributed by atoms with Crippen molar-refractivity contribution in [2.24, 2.45) is 0 Å². The first kappa shape index (κ1) is 17.5. The smallest absolute Gasteiger partial charge is 0.127 e. The van der Waals surface area contributed by atoms with Crippen LogP contribution in [0.25, 0.3) is 0 Å². The van der Waals surface area contributed by atoms with Crippen LogP contribution in [0.4, 0.5) is 0 Å². The summed E-state index contributed by atoms with van der Waals surface area (Å²) in [6.45, 7) is 4.31. The number of benzene rings is 3. The summed E-state index contributed by atoms with van der Waals surface area (Å²) in [5.74, 6) is 0. The van der Waals surface area contributed by atoms with Gasteiger partial charge in [0.1, 0.15) is 9.52 Å². The van der Waals surface area contributed by atoms with Crippen LogP contribution in [-0.4, -0.2) is 19.1 Å². The fraction of sp³-hybridized carbons (Fsp3) is 0.125. The van der Waals surface area contributed by atoms with Crippen LogP contribution in [0.2, 0.25) is 0 Å². The van der Waals surface area contributed by atoms with Gasteiger partial charge >= 0.3 is 0 Å². The molecule has 2 radical (unpaired) electrons. The Morgan fingerprint density at radius 3 is 1.93 bits per heavy atom. The molecule has 132 valence electrons. The van der Waals surface area contributed by atoms with Crippen molar-refractivity contribution in [3.8, 4) is 0 Å². The van der Waals surface area contributed by atoms with Crippen molar-refractivity contribution in [1.29, 1.82) is 0 Å². The van der Waals surface area contributed by atoms with Crippen LogP contribution in [-0.2, 0) is 5.16 Å². The average Bonchev–Trinajstić information content (AvgIpc) is 3.22. The second-order valence-corrected chi connectivity index (χ2v) is 8.46. The molecule has 0 aliphatic heterocycles. The maximum absolute atomic E-state index is 4.39. The van der Waals surface area contributed by atoms with E-state index in [9.17, 15) is 0 Å². The largest absolute Gasteiger partial charge is 0.326 e. The normalized spacial score (nSPS) is 11.5. The summed E-state index contributed by atoms with van der Waals surface area (Å²) in [6.07, 6.45) is 5.90. The van der Waals surface area contributed by atoms with Crippen LogP contribution in [0.3, 0.4) is 0 Å². The molecule has 0 fully saturated rings. The molecule has 0 aliphatic carbocycles. The minimum Gasteiger partial charge on any atom is -0.326 e. The molecule has 3 heteroatoms. The van der Waals surface area contributed by atoms with Crippen LogP contribution in [0.1, 0.15) is 22.3 Å². The summed E-state index contributed by atoms with van der Waals surface area (Å²) in [4.78, 5) is 4.39. The number of aryl methyl sites for hydroxylation is 2.